The Hall–Kier alpha value is -6.65. The molecule has 10 aromatic rings. The molecule has 0 amide bonds. The van der Waals surface area contributed by atoms with Crippen molar-refractivity contribution >= 4 is 54.3 Å². The van der Waals surface area contributed by atoms with E-state index in [1.165, 1.54) is 16.2 Å². The minimum atomic E-state index is 0.598. The summed E-state index contributed by atoms with van der Waals surface area (Å²) in [7, 11) is 0. The number of hydrogen-bond acceptors (Lipinski definition) is 4. The van der Waals surface area contributed by atoms with Crippen LogP contribution in [0.2, 0.25) is 0 Å². The number of benzene rings is 8. The van der Waals surface area contributed by atoms with Gasteiger partial charge in [0.25, 0.3) is 0 Å². The fourth-order valence-corrected chi connectivity index (χ4v) is 6.97. The van der Waals surface area contributed by atoms with Crippen LogP contribution >= 0.6 is 0 Å². The van der Waals surface area contributed by atoms with Gasteiger partial charge in [-0.15, -0.1) is 0 Å². The van der Waals surface area contributed by atoms with Crippen molar-refractivity contribution in [1.29, 1.82) is 0 Å². The number of hydrogen-bond donors (Lipinski definition) is 0. The van der Waals surface area contributed by atoms with E-state index in [1.54, 1.807) is 0 Å². The zero-order valence-corrected chi connectivity index (χ0v) is 26.3. The third kappa shape index (κ3) is 4.73. The number of rotatable bonds is 4. The maximum atomic E-state index is 6.68. The van der Waals surface area contributed by atoms with Crippen LogP contribution in [0.3, 0.4) is 0 Å². The molecule has 228 valence electrons. The van der Waals surface area contributed by atoms with Crippen molar-refractivity contribution in [3.8, 4) is 45.3 Å². The Labute approximate surface area is 282 Å². The summed E-state index contributed by atoms with van der Waals surface area (Å²) in [6.45, 7) is 0. The molecule has 0 unspecified atom stereocenters. The molecule has 4 nitrogen and oxygen atoms in total. The average molecular weight is 626 g/mol. The van der Waals surface area contributed by atoms with Gasteiger partial charge in [-0.25, -0.2) is 15.0 Å². The zero-order chi connectivity index (χ0) is 32.3. The van der Waals surface area contributed by atoms with Crippen molar-refractivity contribution in [2.45, 2.75) is 0 Å². The maximum absolute atomic E-state index is 6.68. The summed E-state index contributed by atoms with van der Waals surface area (Å²) < 4.78 is 6.68. The lowest BCUT2D eigenvalue weighted by molar-refractivity contribution is 0.669. The SMILES string of the molecule is c1ccc(-c2nc(-c3ccc4ccccc4c3)nc(-c3cc(-c4ccc5ccccc5c4)cc4oc5cc6ccccc6cc5c34)n2)cc1. The van der Waals surface area contributed by atoms with Gasteiger partial charge in [-0.3, -0.25) is 0 Å². The highest BCUT2D eigenvalue weighted by Gasteiger charge is 2.20. The second kappa shape index (κ2) is 11.0. The third-order valence-corrected chi connectivity index (χ3v) is 9.44. The summed E-state index contributed by atoms with van der Waals surface area (Å²) in [6, 6.07) is 57.0. The van der Waals surface area contributed by atoms with Gasteiger partial charge < -0.3 is 4.42 Å². The molecule has 49 heavy (non-hydrogen) atoms. The Morgan fingerprint density at radius 1 is 0.327 bits per heavy atom. The molecule has 0 atom stereocenters. The van der Waals surface area contributed by atoms with Crippen LogP contribution in [0.5, 0.6) is 0 Å². The highest BCUT2D eigenvalue weighted by atomic mass is 16.3. The number of aromatic nitrogens is 3. The van der Waals surface area contributed by atoms with Crippen LogP contribution in [-0.4, -0.2) is 15.0 Å². The predicted molar refractivity (Wildman–Crippen MR) is 201 cm³/mol. The minimum Gasteiger partial charge on any atom is -0.456 e. The molecule has 0 spiro atoms. The first-order chi connectivity index (χ1) is 24.2. The molecule has 0 aliphatic heterocycles. The molecular weight excluding hydrogens is 599 g/mol. The summed E-state index contributed by atoms with van der Waals surface area (Å²) in [4.78, 5) is 15.5. The van der Waals surface area contributed by atoms with Crippen molar-refractivity contribution in [1.82, 2.24) is 15.0 Å². The molecule has 2 heterocycles. The highest BCUT2D eigenvalue weighted by molar-refractivity contribution is 6.16. The van der Waals surface area contributed by atoms with E-state index in [0.717, 1.165) is 65.9 Å². The Kier molecular flexibility index (Phi) is 6.15. The second-order valence-corrected chi connectivity index (χ2v) is 12.5. The molecule has 0 saturated heterocycles. The van der Waals surface area contributed by atoms with Crippen LogP contribution < -0.4 is 0 Å². The van der Waals surface area contributed by atoms with Gasteiger partial charge in [-0.2, -0.15) is 0 Å². The molecule has 0 aliphatic carbocycles. The Balaban J connectivity index is 1.28. The van der Waals surface area contributed by atoms with Gasteiger partial charge in [0.1, 0.15) is 11.2 Å². The molecule has 0 saturated carbocycles. The normalized spacial score (nSPS) is 11.7. The monoisotopic (exact) mass is 625 g/mol. The Morgan fingerprint density at radius 2 is 0.857 bits per heavy atom. The zero-order valence-electron chi connectivity index (χ0n) is 26.3. The van der Waals surface area contributed by atoms with Crippen LogP contribution in [0.15, 0.2) is 168 Å². The topological polar surface area (TPSA) is 51.8 Å². The molecule has 0 radical (unpaired) electrons. The molecular formula is C45H27N3O. The van der Waals surface area contributed by atoms with Crippen molar-refractivity contribution in [3.63, 3.8) is 0 Å². The van der Waals surface area contributed by atoms with Crippen LogP contribution in [0.1, 0.15) is 0 Å². The van der Waals surface area contributed by atoms with Gasteiger partial charge in [0.15, 0.2) is 17.5 Å². The lowest BCUT2D eigenvalue weighted by Gasteiger charge is -2.12. The maximum Gasteiger partial charge on any atom is 0.164 e. The van der Waals surface area contributed by atoms with E-state index in [1.807, 2.05) is 30.3 Å². The molecule has 4 heteroatoms. The van der Waals surface area contributed by atoms with Gasteiger partial charge in [0.05, 0.1) is 0 Å². The summed E-state index contributed by atoms with van der Waals surface area (Å²) in [5, 5.41) is 9.00. The van der Waals surface area contributed by atoms with Crippen LogP contribution in [-0.2, 0) is 0 Å². The second-order valence-electron chi connectivity index (χ2n) is 12.5. The molecule has 2 aromatic heterocycles. The largest absolute Gasteiger partial charge is 0.456 e. The van der Waals surface area contributed by atoms with E-state index in [4.69, 9.17) is 19.4 Å². The number of furan rings is 1. The van der Waals surface area contributed by atoms with E-state index in [2.05, 4.69) is 133 Å². The third-order valence-electron chi connectivity index (χ3n) is 9.44. The van der Waals surface area contributed by atoms with Gasteiger partial charge in [0, 0.05) is 27.5 Å². The first-order valence-corrected chi connectivity index (χ1v) is 16.4. The first kappa shape index (κ1) is 27.5. The molecule has 0 aliphatic rings. The van der Waals surface area contributed by atoms with Crippen molar-refractivity contribution < 1.29 is 4.42 Å². The first-order valence-electron chi connectivity index (χ1n) is 16.4. The fraction of sp³-hybridized carbons (Fsp3) is 0. The Morgan fingerprint density at radius 3 is 1.55 bits per heavy atom. The van der Waals surface area contributed by atoms with E-state index in [0.29, 0.717) is 17.5 Å². The predicted octanol–water partition coefficient (Wildman–Crippen LogP) is 11.9. The van der Waals surface area contributed by atoms with E-state index < -0.39 is 0 Å². The standard InChI is InChI=1S/C45H27N3O/c1-2-12-30(13-3-1)43-46-44(36-21-19-29-11-5-7-15-32(29)23-36)48-45(47-43)39-25-37(35-20-18-28-10-4-6-14-31(28)22-35)27-41-42(39)38-24-33-16-8-9-17-34(33)26-40(38)49-41/h1-27H. The highest BCUT2D eigenvalue weighted by Crippen LogP contribution is 2.41. The van der Waals surface area contributed by atoms with Crippen molar-refractivity contribution in [3.05, 3.63) is 164 Å². The minimum absolute atomic E-state index is 0.598. The molecule has 0 N–H and O–H groups in total. The lowest BCUT2D eigenvalue weighted by Crippen LogP contribution is -2.00. The van der Waals surface area contributed by atoms with E-state index in [9.17, 15) is 0 Å². The number of fused-ring (bicyclic) bond motifs is 6. The van der Waals surface area contributed by atoms with Gasteiger partial charge in [-0.05, 0) is 79.8 Å². The molecule has 0 bridgehead atoms. The summed E-state index contributed by atoms with van der Waals surface area (Å²) in [5.41, 5.74) is 6.52. The smallest absolute Gasteiger partial charge is 0.164 e. The molecule has 0 fully saturated rings. The van der Waals surface area contributed by atoms with Gasteiger partial charge >= 0.3 is 0 Å². The summed E-state index contributed by atoms with van der Waals surface area (Å²) >= 11 is 0. The van der Waals surface area contributed by atoms with Gasteiger partial charge in [0.2, 0.25) is 0 Å². The molecule has 8 aromatic carbocycles. The van der Waals surface area contributed by atoms with Crippen LogP contribution in [0.25, 0.3) is 99.5 Å². The van der Waals surface area contributed by atoms with Crippen LogP contribution in [0, 0.1) is 0 Å². The average Bonchev–Trinajstić information content (AvgIpc) is 3.53. The van der Waals surface area contributed by atoms with E-state index >= 15 is 0 Å². The van der Waals surface area contributed by atoms with Crippen LogP contribution in [0.4, 0.5) is 0 Å². The van der Waals surface area contributed by atoms with E-state index in [-0.39, 0.29) is 0 Å². The lowest BCUT2D eigenvalue weighted by atomic mass is 9.96. The summed E-state index contributed by atoms with van der Waals surface area (Å²) in [5.74, 6) is 1.84. The number of nitrogens with zero attached hydrogens (tertiary/aromatic N) is 3. The summed E-state index contributed by atoms with van der Waals surface area (Å²) in [6.07, 6.45) is 0. The quantitative estimate of drug-likeness (QED) is 0.195. The van der Waals surface area contributed by atoms with Crippen molar-refractivity contribution in [2.24, 2.45) is 0 Å². The molecule has 10 rings (SSSR count). The Bertz CT molecular complexity index is 2890. The fourth-order valence-electron chi connectivity index (χ4n) is 6.97. The van der Waals surface area contributed by atoms with Crippen molar-refractivity contribution in [2.75, 3.05) is 0 Å². The van der Waals surface area contributed by atoms with Gasteiger partial charge in [-0.1, -0.05) is 127 Å².